The van der Waals surface area contributed by atoms with Crippen molar-refractivity contribution in [2.24, 2.45) is 0 Å². The van der Waals surface area contributed by atoms with Crippen LogP contribution in [0.5, 0.6) is 0 Å². The summed E-state index contributed by atoms with van der Waals surface area (Å²) in [7, 11) is 0. The maximum atomic E-state index is 13.2. The van der Waals surface area contributed by atoms with Gasteiger partial charge in [0, 0.05) is 21.2 Å². The maximum absolute atomic E-state index is 13.2. The first kappa shape index (κ1) is 18.1. The van der Waals surface area contributed by atoms with Crippen LogP contribution in [0.1, 0.15) is 16.7 Å². The van der Waals surface area contributed by atoms with E-state index in [1.807, 2.05) is 25.1 Å². The molecule has 2 aliphatic heterocycles. The van der Waals surface area contributed by atoms with Gasteiger partial charge in [0.1, 0.15) is 0 Å². The average Bonchev–Trinajstić information content (AvgIpc) is 3.06. The summed E-state index contributed by atoms with van der Waals surface area (Å²) in [5.41, 5.74) is 3.05. The van der Waals surface area contributed by atoms with E-state index in [0.29, 0.717) is 26.9 Å². The van der Waals surface area contributed by atoms with E-state index in [-0.39, 0.29) is 22.9 Å². The number of carbonyl (C=O) groups is 3. The molecule has 1 N–H and O–H groups in total. The van der Waals surface area contributed by atoms with Crippen molar-refractivity contribution in [2.45, 2.75) is 13.5 Å². The third-order valence-corrected chi connectivity index (χ3v) is 5.98. The van der Waals surface area contributed by atoms with Gasteiger partial charge in [0.15, 0.2) is 0 Å². The van der Waals surface area contributed by atoms with Crippen LogP contribution in [-0.4, -0.2) is 17.1 Å². The fourth-order valence-corrected chi connectivity index (χ4v) is 4.43. The van der Waals surface area contributed by atoms with Crippen molar-refractivity contribution in [1.29, 1.82) is 0 Å². The lowest BCUT2D eigenvalue weighted by molar-refractivity contribution is -0.116. The van der Waals surface area contributed by atoms with E-state index in [4.69, 9.17) is 23.2 Å². The van der Waals surface area contributed by atoms with Crippen LogP contribution in [0, 0.1) is 6.92 Å². The third kappa shape index (κ3) is 3.04. The van der Waals surface area contributed by atoms with Gasteiger partial charge in [-0.25, -0.2) is 0 Å². The van der Waals surface area contributed by atoms with Crippen molar-refractivity contribution in [2.75, 3.05) is 4.90 Å². The van der Waals surface area contributed by atoms with Gasteiger partial charge in [0.2, 0.25) is 0 Å². The van der Waals surface area contributed by atoms with E-state index < -0.39 is 11.1 Å². The van der Waals surface area contributed by atoms with Gasteiger partial charge in [-0.3, -0.25) is 19.7 Å². The van der Waals surface area contributed by atoms with E-state index in [2.05, 4.69) is 5.32 Å². The van der Waals surface area contributed by atoms with Crippen LogP contribution in [0.3, 0.4) is 0 Å². The molecule has 1 fully saturated rings. The number of halogens is 2. The molecule has 1 saturated heterocycles. The molecule has 2 aliphatic rings. The lowest BCUT2D eigenvalue weighted by Gasteiger charge is -2.19. The Hall–Kier alpha value is -2.28. The van der Waals surface area contributed by atoms with Crippen molar-refractivity contribution in [3.05, 3.63) is 68.0 Å². The average molecular weight is 419 g/mol. The first-order valence-electron chi connectivity index (χ1n) is 8.00. The smallest absolute Gasteiger partial charge is 0.290 e. The number of thioether (sulfide) groups is 1. The van der Waals surface area contributed by atoms with Crippen molar-refractivity contribution < 1.29 is 14.4 Å². The first-order chi connectivity index (χ1) is 12.9. The summed E-state index contributed by atoms with van der Waals surface area (Å²) in [6.45, 7) is 2.05. The summed E-state index contributed by atoms with van der Waals surface area (Å²) in [4.78, 5) is 38.6. The van der Waals surface area contributed by atoms with E-state index in [9.17, 15) is 14.4 Å². The zero-order chi connectivity index (χ0) is 19.3. The normalized spacial score (nSPS) is 18.9. The topological polar surface area (TPSA) is 66.5 Å². The van der Waals surface area contributed by atoms with Gasteiger partial charge < -0.3 is 4.90 Å². The van der Waals surface area contributed by atoms with Gasteiger partial charge in [-0.2, -0.15) is 0 Å². The molecule has 0 aromatic heterocycles. The number of benzene rings is 2. The van der Waals surface area contributed by atoms with Crippen LogP contribution in [0.25, 0.3) is 5.57 Å². The Balaban J connectivity index is 1.86. The van der Waals surface area contributed by atoms with Gasteiger partial charge in [0.05, 0.1) is 22.7 Å². The molecule has 0 bridgehead atoms. The predicted octanol–water partition coefficient (Wildman–Crippen LogP) is 4.54. The zero-order valence-electron chi connectivity index (χ0n) is 14.0. The van der Waals surface area contributed by atoms with E-state index in [1.165, 1.54) is 4.90 Å². The summed E-state index contributed by atoms with van der Waals surface area (Å²) in [6.07, 6.45) is 0. The Morgan fingerprint density at radius 3 is 2.41 bits per heavy atom. The third-order valence-electron chi connectivity index (χ3n) is 4.39. The number of aryl methyl sites for hydroxylation is 1. The summed E-state index contributed by atoms with van der Waals surface area (Å²) >= 11 is 13.3. The molecule has 2 aromatic carbocycles. The van der Waals surface area contributed by atoms with Gasteiger partial charge in [-0.1, -0.05) is 40.9 Å². The van der Waals surface area contributed by atoms with Crippen LogP contribution in [-0.2, 0) is 16.1 Å². The largest absolute Gasteiger partial charge is 0.303 e. The number of imide groups is 1. The number of rotatable bonds is 2. The van der Waals surface area contributed by atoms with E-state index in [0.717, 1.165) is 17.3 Å². The van der Waals surface area contributed by atoms with Gasteiger partial charge in [0.25, 0.3) is 17.1 Å². The fraction of sp³-hybridized carbons (Fsp3) is 0.105. The number of hydrogen-bond donors (Lipinski definition) is 1. The van der Waals surface area contributed by atoms with Gasteiger partial charge in [-0.15, -0.1) is 0 Å². The minimum Gasteiger partial charge on any atom is -0.303 e. The number of amides is 3. The number of fused-ring (bicyclic) bond motifs is 1. The van der Waals surface area contributed by atoms with Crippen LogP contribution >= 0.6 is 35.0 Å². The zero-order valence-corrected chi connectivity index (χ0v) is 16.3. The van der Waals surface area contributed by atoms with Crippen molar-refractivity contribution >= 4 is 63.3 Å². The van der Waals surface area contributed by atoms with E-state index >= 15 is 0 Å². The SMILES string of the molecule is Cc1ccc2c(c1)C(=C1SC(=O)NC1=O)C(=O)N2Cc1c(Cl)cccc1Cl. The van der Waals surface area contributed by atoms with Crippen LogP contribution < -0.4 is 10.2 Å². The molecule has 2 heterocycles. The number of hydrogen-bond acceptors (Lipinski definition) is 4. The van der Waals surface area contributed by atoms with Crippen LogP contribution in [0.2, 0.25) is 10.0 Å². The molecule has 3 amide bonds. The summed E-state index contributed by atoms with van der Waals surface area (Å²) in [5, 5.41) is 2.62. The molecule has 8 heteroatoms. The highest BCUT2D eigenvalue weighted by atomic mass is 35.5. The number of anilines is 1. The van der Waals surface area contributed by atoms with Gasteiger partial charge in [-0.05, 0) is 43.0 Å². The second-order valence-electron chi connectivity index (χ2n) is 6.16. The van der Waals surface area contributed by atoms with E-state index in [1.54, 1.807) is 18.2 Å². The molecule has 2 aromatic rings. The fourth-order valence-electron chi connectivity index (χ4n) is 3.14. The standard InChI is InChI=1S/C19H12Cl2N2O3S/c1-9-5-6-14-10(7-9)15(16-17(24)22-19(26)27-16)18(25)23(14)8-11-12(20)3-2-4-13(11)21/h2-7H,8H2,1H3,(H,22,24,26). The van der Waals surface area contributed by atoms with Gasteiger partial charge >= 0.3 is 0 Å². The molecule has 4 rings (SSSR count). The Morgan fingerprint density at radius 1 is 1.07 bits per heavy atom. The highest BCUT2D eigenvalue weighted by Gasteiger charge is 2.40. The first-order valence-corrected chi connectivity index (χ1v) is 9.57. The monoisotopic (exact) mass is 418 g/mol. The molecular weight excluding hydrogens is 407 g/mol. The molecular formula is C19H12Cl2N2O3S. The summed E-state index contributed by atoms with van der Waals surface area (Å²) < 4.78 is 0. The molecule has 0 aliphatic carbocycles. The van der Waals surface area contributed by atoms with Crippen molar-refractivity contribution in [3.63, 3.8) is 0 Å². The molecule has 27 heavy (non-hydrogen) atoms. The number of carbonyl (C=O) groups excluding carboxylic acids is 3. The Bertz CT molecular complexity index is 1040. The molecule has 0 saturated carbocycles. The van der Waals surface area contributed by atoms with Crippen molar-refractivity contribution in [1.82, 2.24) is 5.32 Å². The molecule has 0 unspecified atom stereocenters. The highest BCUT2D eigenvalue weighted by molar-refractivity contribution is 8.18. The number of nitrogens with zero attached hydrogens (tertiary/aromatic N) is 1. The number of nitrogens with one attached hydrogen (secondary N) is 1. The summed E-state index contributed by atoms with van der Waals surface area (Å²) in [6, 6.07) is 10.7. The maximum Gasteiger partial charge on any atom is 0.290 e. The Kier molecular flexibility index (Phi) is 4.50. The molecule has 0 radical (unpaired) electrons. The second kappa shape index (κ2) is 6.71. The Morgan fingerprint density at radius 2 is 1.78 bits per heavy atom. The molecule has 0 atom stereocenters. The lowest BCUT2D eigenvalue weighted by atomic mass is 10.0. The quantitative estimate of drug-likeness (QED) is 0.726. The lowest BCUT2D eigenvalue weighted by Crippen LogP contribution is -2.27. The molecule has 5 nitrogen and oxygen atoms in total. The molecule has 136 valence electrons. The molecule has 0 spiro atoms. The minimum absolute atomic E-state index is 0.115. The van der Waals surface area contributed by atoms with Crippen LogP contribution in [0.15, 0.2) is 41.3 Å². The Labute approximate surface area is 169 Å². The minimum atomic E-state index is -0.557. The second-order valence-corrected chi connectivity index (χ2v) is 7.96. The van der Waals surface area contributed by atoms with Crippen LogP contribution in [0.4, 0.5) is 10.5 Å². The predicted molar refractivity (Wildman–Crippen MR) is 107 cm³/mol. The van der Waals surface area contributed by atoms with Crippen molar-refractivity contribution in [3.8, 4) is 0 Å². The highest BCUT2D eigenvalue weighted by Crippen LogP contribution is 2.44. The summed E-state index contributed by atoms with van der Waals surface area (Å²) in [5.74, 6) is -0.919.